The molecule has 0 spiro atoms. The van der Waals surface area contributed by atoms with E-state index in [2.05, 4.69) is 25.2 Å². The highest BCUT2D eigenvalue weighted by Crippen LogP contribution is 2.50. The highest BCUT2D eigenvalue weighted by Gasteiger charge is 2.43. The number of anilines is 1. The number of ether oxygens (including phenoxy) is 2. The van der Waals surface area contributed by atoms with Gasteiger partial charge in [-0.05, 0) is 68.6 Å². The molecule has 0 bridgehead atoms. The summed E-state index contributed by atoms with van der Waals surface area (Å²) in [6, 6.07) is 11.8. The average molecular weight is 660 g/mol. The number of aliphatic hydroxyl groups excluding tert-OH is 1. The fraction of sp³-hybridized carbons (Fsp3) is 0.419. The summed E-state index contributed by atoms with van der Waals surface area (Å²) in [7, 11) is 0. The van der Waals surface area contributed by atoms with Crippen molar-refractivity contribution < 1.29 is 32.1 Å². The number of fused-ring (bicyclic) bond motifs is 1. The lowest BCUT2D eigenvalue weighted by molar-refractivity contribution is -0.144. The highest BCUT2D eigenvalue weighted by atomic mass is 35.5. The molecule has 46 heavy (non-hydrogen) atoms. The van der Waals surface area contributed by atoms with Gasteiger partial charge in [-0.25, -0.2) is 9.37 Å². The summed E-state index contributed by atoms with van der Waals surface area (Å²) < 4.78 is 66.6. The third-order valence-electron chi connectivity index (χ3n) is 8.77. The largest absolute Gasteiger partial charge is 0.451 e. The Kier molecular flexibility index (Phi) is 7.76. The summed E-state index contributed by atoms with van der Waals surface area (Å²) in [5.74, 6) is -1.93. The number of nitrogens with zero attached hydrogens (tertiary/aromatic N) is 6. The van der Waals surface area contributed by atoms with E-state index >= 15 is 0 Å². The van der Waals surface area contributed by atoms with Crippen LogP contribution in [0, 0.1) is 5.82 Å². The van der Waals surface area contributed by atoms with Crippen molar-refractivity contribution in [1.82, 2.24) is 30.3 Å². The van der Waals surface area contributed by atoms with Crippen LogP contribution in [0.15, 0.2) is 42.5 Å². The van der Waals surface area contributed by atoms with Crippen molar-refractivity contribution in [2.45, 2.75) is 56.7 Å². The minimum Gasteiger partial charge on any atom is -0.444 e. The zero-order valence-electron chi connectivity index (χ0n) is 24.7. The summed E-state index contributed by atoms with van der Waals surface area (Å²) in [5, 5.41) is 24.7. The predicted molar refractivity (Wildman–Crippen MR) is 159 cm³/mol. The molecule has 0 saturated carbocycles. The van der Waals surface area contributed by atoms with E-state index in [1.807, 2.05) is 28.2 Å². The third kappa shape index (κ3) is 5.84. The number of aromatic nitrogens is 5. The van der Waals surface area contributed by atoms with E-state index in [4.69, 9.17) is 21.1 Å². The molecule has 242 valence electrons. The van der Waals surface area contributed by atoms with Crippen molar-refractivity contribution >= 4 is 17.3 Å². The number of hydrogen-bond donors (Lipinski definition) is 2. The second-order valence-corrected chi connectivity index (χ2v) is 12.4. The molecule has 5 heterocycles. The SMILES string of the molecule is C[C@]1(c2ccc(Cl)cc2F)Oc2cccc(C3CCN(Cc4nnc(-c5n[nH]c(C(F)(F)F)n5)cc4N4CC[C@@H](O)C4)CC3)c2O1. The quantitative estimate of drug-likeness (QED) is 0.253. The number of aromatic amines is 1. The van der Waals surface area contributed by atoms with E-state index in [0.29, 0.717) is 48.9 Å². The number of hydrogen-bond acceptors (Lipinski definition) is 9. The first kappa shape index (κ1) is 30.6. The van der Waals surface area contributed by atoms with E-state index < -0.39 is 29.7 Å². The Morgan fingerprint density at radius 1 is 1.07 bits per heavy atom. The summed E-state index contributed by atoms with van der Waals surface area (Å²) in [6.45, 7) is 4.57. The van der Waals surface area contributed by atoms with Gasteiger partial charge in [0.05, 0.1) is 17.4 Å². The Labute approximate surface area is 266 Å². The number of para-hydroxylation sites is 1. The number of benzene rings is 2. The Morgan fingerprint density at radius 3 is 2.57 bits per heavy atom. The van der Waals surface area contributed by atoms with Crippen LogP contribution in [0.2, 0.25) is 5.02 Å². The minimum atomic E-state index is -4.67. The molecule has 0 amide bonds. The van der Waals surface area contributed by atoms with Crippen LogP contribution in [0.1, 0.15) is 54.7 Å². The Morgan fingerprint density at radius 2 is 1.87 bits per heavy atom. The number of β-amino-alcohol motifs (C(OH)–C–C–N with tert-alkyl or cyclic N) is 1. The Balaban J connectivity index is 1.07. The maximum absolute atomic E-state index is 14.8. The van der Waals surface area contributed by atoms with Gasteiger partial charge in [0, 0.05) is 37.1 Å². The first-order valence-corrected chi connectivity index (χ1v) is 15.3. The van der Waals surface area contributed by atoms with Crippen LogP contribution in [0.3, 0.4) is 0 Å². The van der Waals surface area contributed by atoms with Gasteiger partial charge in [0.2, 0.25) is 11.6 Å². The summed E-state index contributed by atoms with van der Waals surface area (Å²) in [5.41, 5.74) is 2.70. The summed E-state index contributed by atoms with van der Waals surface area (Å²) >= 11 is 5.96. The zero-order chi connectivity index (χ0) is 32.2. The molecule has 0 aliphatic carbocycles. The lowest BCUT2D eigenvalue weighted by Gasteiger charge is -2.33. The fourth-order valence-electron chi connectivity index (χ4n) is 6.42. The maximum Gasteiger partial charge on any atom is 0.451 e. The van der Waals surface area contributed by atoms with Crippen molar-refractivity contribution in [3.05, 3.63) is 75.9 Å². The molecule has 7 rings (SSSR count). The molecule has 3 aliphatic heterocycles. The standard InChI is InChI=1S/C31H30ClF4N7O3/c1-30(21-6-5-18(32)13-22(21)33)45-26-4-2-3-20(27(26)46-30)17-7-10-42(11-8-17)16-24-25(43-12-9-19(44)15-43)14-23(38-39-24)28-37-29(41-40-28)31(34,35)36/h2-6,13-14,17,19,44H,7-12,15-16H2,1H3,(H,37,40,41)/t19-,30+/m1/s1. The lowest BCUT2D eigenvalue weighted by atomic mass is 9.88. The fourth-order valence-corrected chi connectivity index (χ4v) is 6.58. The van der Waals surface area contributed by atoms with Crippen molar-refractivity contribution in [1.29, 1.82) is 0 Å². The predicted octanol–water partition coefficient (Wildman–Crippen LogP) is 5.67. The highest BCUT2D eigenvalue weighted by molar-refractivity contribution is 6.30. The monoisotopic (exact) mass is 659 g/mol. The van der Waals surface area contributed by atoms with E-state index in [9.17, 15) is 22.7 Å². The zero-order valence-corrected chi connectivity index (χ0v) is 25.4. The molecule has 4 aromatic rings. The topological polar surface area (TPSA) is 113 Å². The molecule has 10 nitrogen and oxygen atoms in total. The molecule has 2 saturated heterocycles. The number of nitrogens with one attached hydrogen (secondary N) is 1. The van der Waals surface area contributed by atoms with Crippen LogP contribution >= 0.6 is 11.6 Å². The van der Waals surface area contributed by atoms with Crippen LogP contribution < -0.4 is 14.4 Å². The number of likely N-dealkylation sites (tertiary alicyclic amines) is 1. The van der Waals surface area contributed by atoms with Crippen LogP contribution in [0.5, 0.6) is 11.5 Å². The van der Waals surface area contributed by atoms with Crippen LogP contribution in [0.25, 0.3) is 11.5 Å². The van der Waals surface area contributed by atoms with Gasteiger partial charge in [0.1, 0.15) is 17.2 Å². The molecule has 2 aromatic carbocycles. The van der Waals surface area contributed by atoms with Gasteiger partial charge >= 0.3 is 6.18 Å². The van der Waals surface area contributed by atoms with E-state index in [-0.39, 0.29) is 28.0 Å². The van der Waals surface area contributed by atoms with Gasteiger partial charge in [0.15, 0.2) is 11.5 Å². The van der Waals surface area contributed by atoms with Crippen LogP contribution in [-0.4, -0.2) is 67.7 Å². The molecule has 2 atom stereocenters. The van der Waals surface area contributed by atoms with E-state index in [1.165, 1.54) is 6.07 Å². The molecule has 2 aromatic heterocycles. The lowest BCUT2D eigenvalue weighted by Crippen LogP contribution is -2.34. The van der Waals surface area contributed by atoms with Gasteiger partial charge in [-0.15, -0.1) is 5.10 Å². The Bertz CT molecular complexity index is 1760. The second kappa shape index (κ2) is 11.7. The third-order valence-corrected chi connectivity index (χ3v) is 9.00. The van der Waals surface area contributed by atoms with Gasteiger partial charge in [-0.2, -0.15) is 23.4 Å². The molecule has 2 N–H and O–H groups in total. The van der Waals surface area contributed by atoms with Crippen molar-refractivity contribution in [3.8, 4) is 23.0 Å². The number of piperidine rings is 1. The van der Waals surface area contributed by atoms with E-state index in [0.717, 1.165) is 31.5 Å². The van der Waals surface area contributed by atoms with Crippen LogP contribution in [-0.2, 0) is 18.5 Å². The van der Waals surface area contributed by atoms with Gasteiger partial charge in [-0.1, -0.05) is 23.7 Å². The van der Waals surface area contributed by atoms with Gasteiger partial charge in [-0.3, -0.25) is 10.00 Å². The Hall–Kier alpha value is -4.01. The molecule has 3 aliphatic rings. The van der Waals surface area contributed by atoms with Gasteiger partial charge in [0.25, 0.3) is 5.79 Å². The number of alkyl halides is 3. The van der Waals surface area contributed by atoms with Crippen LogP contribution in [0.4, 0.5) is 23.2 Å². The van der Waals surface area contributed by atoms with Crippen molar-refractivity contribution in [2.75, 3.05) is 31.1 Å². The normalized spacial score (nSPS) is 22.2. The maximum atomic E-state index is 14.8. The average Bonchev–Trinajstić information content (AvgIpc) is 3.76. The number of halogens is 5. The van der Waals surface area contributed by atoms with Crippen molar-refractivity contribution in [2.24, 2.45) is 0 Å². The smallest absolute Gasteiger partial charge is 0.444 e. The molecule has 0 radical (unpaired) electrons. The molecular weight excluding hydrogens is 630 g/mol. The molecule has 0 unspecified atom stereocenters. The summed E-state index contributed by atoms with van der Waals surface area (Å²) in [4.78, 5) is 7.77. The van der Waals surface area contributed by atoms with E-state index in [1.54, 1.807) is 25.1 Å². The number of aliphatic hydroxyl groups is 1. The number of rotatable bonds is 6. The minimum absolute atomic E-state index is 0.108. The molecule has 15 heteroatoms. The van der Waals surface area contributed by atoms with Crippen molar-refractivity contribution in [3.63, 3.8) is 0 Å². The molecule has 2 fully saturated rings. The first-order valence-electron chi connectivity index (χ1n) is 15.0. The summed E-state index contributed by atoms with van der Waals surface area (Å²) in [6.07, 6.45) is -2.99. The number of H-pyrrole nitrogens is 1. The van der Waals surface area contributed by atoms with Gasteiger partial charge < -0.3 is 19.5 Å². The first-order chi connectivity index (χ1) is 22.0. The second-order valence-electron chi connectivity index (χ2n) is 12.0. The molecular formula is C31H30ClF4N7O3.